The molecule has 1 heterocycles. The van der Waals surface area contributed by atoms with Crippen LogP contribution in [0.1, 0.15) is 73.0 Å². The fraction of sp³-hybridized carbons (Fsp3) is 0.310. The standard InChI is InChI=1S/C29H27F3O4/c1-17(2)22-14-23-24(20(16-33)15-28(3,4)36-23)25(18-8-6-5-7-9-18)26(22)27(34)19-10-12-21(13-11-19)35-29(30,31)32/h5-14,16-17,20H,15H2,1-4H3. The molecular weight excluding hydrogens is 469 g/mol. The van der Waals surface area contributed by atoms with E-state index in [1.54, 1.807) is 0 Å². The second-order valence-corrected chi connectivity index (χ2v) is 9.86. The summed E-state index contributed by atoms with van der Waals surface area (Å²) in [6.07, 6.45) is -3.49. The van der Waals surface area contributed by atoms with Gasteiger partial charge in [-0.1, -0.05) is 44.2 Å². The first-order chi connectivity index (χ1) is 16.9. The van der Waals surface area contributed by atoms with Crippen LogP contribution in [0.5, 0.6) is 11.5 Å². The molecule has 4 nitrogen and oxygen atoms in total. The van der Waals surface area contributed by atoms with E-state index in [9.17, 15) is 22.8 Å². The van der Waals surface area contributed by atoms with Crippen molar-refractivity contribution < 1.29 is 32.2 Å². The molecule has 3 aromatic carbocycles. The Hall–Kier alpha value is -3.61. The molecule has 0 saturated heterocycles. The number of benzene rings is 3. The van der Waals surface area contributed by atoms with E-state index in [1.165, 1.54) is 12.1 Å². The number of carbonyl (C=O) groups excluding carboxylic acids is 2. The maximum atomic E-state index is 14.0. The van der Waals surface area contributed by atoms with Crippen LogP contribution in [0.3, 0.4) is 0 Å². The molecule has 0 spiro atoms. The van der Waals surface area contributed by atoms with Gasteiger partial charge in [-0.25, -0.2) is 0 Å². The van der Waals surface area contributed by atoms with Gasteiger partial charge in [-0.15, -0.1) is 13.2 Å². The molecule has 1 aliphatic heterocycles. The predicted molar refractivity (Wildman–Crippen MR) is 131 cm³/mol. The topological polar surface area (TPSA) is 52.6 Å². The molecule has 1 aliphatic rings. The Labute approximate surface area is 208 Å². The van der Waals surface area contributed by atoms with Crippen LogP contribution >= 0.6 is 0 Å². The molecule has 0 fully saturated rings. The minimum absolute atomic E-state index is 0.0760. The summed E-state index contributed by atoms with van der Waals surface area (Å²) in [7, 11) is 0. The molecule has 0 bridgehead atoms. The molecule has 0 amide bonds. The third kappa shape index (κ3) is 5.15. The minimum Gasteiger partial charge on any atom is -0.487 e. The second-order valence-electron chi connectivity index (χ2n) is 9.86. The van der Waals surface area contributed by atoms with Crippen LogP contribution < -0.4 is 9.47 Å². The zero-order valence-corrected chi connectivity index (χ0v) is 20.5. The van der Waals surface area contributed by atoms with E-state index >= 15 is 0 Å². The van der Waals surface area contributed by atoms with Gasteiger partial charge in [0.1, 0.15) is 23.4 Å². The number of carbonyl (C=O) groups is 2. The van der Waals surface area contributed by atoms with Gasteiger partial charge in [0.25, 0.3) is 0 Å². The van der Waals surface area contributed by atoms with Crippen molar-refractivity contribution in [2.24, 2.45) is 0 Å². The van der Waals surface area contributed by atoms with Crippen LogP contribution in [-0.4, -0.2) is 24.0 Å². The summed E-state index contributed by atoms with van der Waals surface area (Å²) in [6, 6.07) is 16.0. The molecule has 1 unspecified atom stereocenters. The monoisotopic (exact) mass is 496 g/mol. The number of hydrogen-bond acceptors (Lipinski definition) is 4. The number of fused-ring (bicyclic) bond motifs is 1. The van der Waals surface area contributed by atoms with Crippen LogP contribution in [0.2, 0.25) is 0 Å². The zero-order chi connectivity index (χ0) is 26.3. The molecule has 36 heavy (non-hydrogen) atoms. The normalized spacial score (nSPS) is 16.7. The maximum absolute atomic E-state index is 14.0. The highest BCUT2D eigenvalue weighted by atomic mass is 19.4. The van der Waals surface area contributed by atoms with Crippen molar-refractivity contribution in [2.75, 3.05) is 0 Å². The molecule has 1 atom stereocenters. The van der Waals surface area contributed by atoms with Crippen molar-refractivity contribution in [3.8, 4) is 22.6 Å². The van der Waals surface area contributed by atoms with Crippen molar-refractivity contribution in [3.63, 3.8) is 0 Å². The summed E-state index contributed by atoms with van der Waals surface area (Å²) in [5, 5.41) is 0. The van der Waals surface area contributed by atoms with E-state index in [1.807, 2.05) is 64.1 Å². The van der Waals surface area contributed by atoms with Gasteiger partial charge in [0.05, 0.1) is 0 Å². The number of hydrogen-bond donors (Lipinski definition) is 0. The highest BCUT2D eigenvalue weighted by molar-refractivity contribution is 6.15. The van der Waals surface area contributed by atoms with E-state index in [0.717, 1.165) is 29.5 Å². The summed E-state index contributed by atoms with van der Waals surface area (Å²) in [5.74, 6) is -0.763. The summed E-state index contributed by atoms with van der Waals surface area (Å²) < 4.78 is 48.1. The van der Waals surface area contributed by atoms with Gasteiger partial charge >= 0.3 is 6.36 Å². The van der Waals surface area contributed by atoms with Gasteiger partial charge < -0.3 is 14.3 Å². The van der Waals surface area contributed by atoms with Crippen LogP contribution in [-0.2, 0) is 4.79 Å². The lowest BCUT2D eigenvalue weighted by molar-refractivity contribution is -0.274. The Morgan fingerprint density at radius 2 is 1.72 bits per heavy atom. The lowest BCUT2D eigenvalue weighted by atomic mass is 9.76. The third-order valence-corrected chi connectivity index (χ3v) is 6.25. The largest absolute Gasteiger partial charge is 0.573 e. The van der Waals surface area contributed by atoms with Crippen molar-refractivity contribution >= 4 is 12.1 Å². The number of alkyl halides is 3. The molecular formula is C29H27F3O4. The lowest BCUT2D eigenvalue weighted by Gasteiger charge is -2.38. The summed E-state index contributed by atoms with van der Waals surface area (Å²) in [5.41, 5.74) is 2.81. The summed E-state index contributed by atoms with van der Waals surface area (Å²) >= 11 is 0. The maximum Gasteiger partial charge on any atom is 0.573 e. The molecule has 4 rings (SSSR count). The minimum atomic E-state index is -4.83. The van der Waals surface area contributed by atoms with E-state index < -0.39 is 23.6 Å². The van der Waals surface area contributed by atoms with E-state index in [-0.39, 0.29) is 17.3 Å². The first-order valence-electron chi connectivity index (χ1n) is 11.7. The fourth-order valence-electron chi connectivity index (χ4n) is 4.79. The molecule has 0 saturated carbocycles. The summed E-state index contributed by atoms with van der Waals surface area (Å²) in [6.45, 7) is 7.76. The first kappa shape index (κ1) is 25.5. The Bertz CT molecular complexity index is 1280. The van der Waals surface area contributed by atoms with Crippen LogP contribution in [0.15, 0.2) is 60.7 Å². The third-order valence-electron chi connectivity index (χ3n) is 6.25. The van der Waals surface area contributed by atoms with Gasteiger partial charge in [0.2, 0.25) is 0 Å². The average molecular weight is 497 g/mol. The Morgan fingerprint density at radius 1 is 1.08 bits per heavy atom. The Kier molecular flexibility index (Phi) is 6.69. The van der Waals surface area contributed by atoms with E-state index in [4.69, 9.17) is 4.74 Å². The van der Waals surface area contributed by atoms with Gasteiger partial charge in [-0.3, -0.25) is 4.79 Å². The van der Waals surface area contributed by atoms with E-state index in [0.29, 0.717) is 28.9 Å². The molecule has 0 aliphatic carbocycles. The van der Waals surface area contributed by atoms with Crippen LogP contribution in [0.25, 0.3) is 11.1 Å². The highest BCUT2D eigenvalue weighted by Crippen LogP contribution is 2.49. The number of aldehydes is 1. The Morgan fingerprint density at radius 3 is 2.28 bits per heavy atom. The fourth-order valence-corrected chi connectivity index (χ4v) is 4.79. The molecule has 7 heteroatoms. The second kappa shape index (κ2) is 9.45. The zero-order valence-electron chi connectivity index (χ0n) is 20.5. The molecule has 3 aromatic rings. The number of ketones is 1. The molecule has 188 valence electrons. The first-order valence-corrected chi connectivity index (χ1v) is 11.7. The van der Waals surface area contributed by atoms with Crippen molar-refractivity contribution in [1.82, 2.24) is 0 Å². The SMILES string of the molecule is CC(C)c1cc2c(c(-c3ccccc3)c1C(=O)c1ccc(OC(F)(F)F)cc1)C(C=O)CC(C)(C)O2. The quantitative estimate of drug-likeness (QED) is 0.263. The summed E-state index contributed by atoms with van der Waals surface area (Å²) in [4.78, 5) is 26.2. The van der Waals surface area contributed by atoms with Crippen molar-refractivity contribution in [1.29, 1.82) is 0 Å². The predicted octanol–water partition coefficient (Wildman–Crippen LogP) is 7.45. The van der Waals surface area contributed by atoms with Gasteiger partial charge in [0.15, 0.2) is 5.78 Å². The van der Waals surface area contributed by atoms with Crippen molar-refractivity contribution in [2.45, 2.75) is 57.9 Å². The average Bonchev–Trinajstić information content (AvgIpc) is 2.81. The van der Waals surface area contributed by atoms with Crippen LogP contribution in [0.4, 0.5) is 13.2 Å². The van der Waals surface area contributed by atoms with Gasteiger partial charge in [-0.05, 0) is 61.2 Å². The molecule has 0 N–H and O–H groups in total. The Balaban J connectivity index is 1.97. The molecule has 0 aromatic heterocycles. The number of ether oxygens (including phenoxy) is 2. The van der Waals surface area contributed by atoms with Gasteiger partial charge in [0, 0.05) is 34.6 Å². The lowest BCUT2D eigenvalue weighted by Crippen LogP contribution is -2.36. The van der Waals surface area contributed by atoms with Crippen molar-refractivity contribution in [3.05, 3.63) is 82.9 Å². The smallest absolute Gasteiger partial charge is 0.487 e. The number of halogens is 3. The number of rotatable bonds is 6. The highest BCUT2D eigenvalue weighted by Gasteiger charge is 2.38. The van der Waals surface area contributed by atoms with Gasteiger partial charge in [-0.2, -0.15) is 0 Å². The van der Waals surface area contributed by atoms with E-state index in [2.05, 4.69) is 4.74 Å². The molecule has 0 radical (unpaired) electrons. The van der Waals surface area contributed by atoms with Crippen LogP contribution in [0, 0.1) is 0 Å².